The van der Waals surface area contributed by atoms with Gasteiger partial charge in [-0.3, -0.25) is 9.59 Å². The molecule has 9 heteroatoms. The summed E-state index contributed by atoms with van der Waals surface area (Å²) in [4.78, 5) is 29.6. The number of oxazole rings is 1. The van der Waals surface area contributed by atoms with E-state index in [4.69, 9.17) is 25.5 Å². The second-order valence-electron chi connectivity index (χ2n) is 8.01. The van der Waals surface area contributed by atoms with Gasteiger partial charge in [-0.15, -0.1) is 0 Å². The summed E-state index contributed by atoms with van der Waals surface area (Å²) in [6.45, 7) is 3.51. The van der Waals surface area contributed by atoms with Gasteiger partial charge in [-0.25, -0.2) is 0 Å². The van der Waals surface area contributed by atoms with Crippen molar-refractivity contribution in [1.82, 2.24) is 10.3 Å². The Labute approximate surface area is 196 Å². The fraction of sp³-hybridized carbons (Fsp3) is 0.375. The molecule has 1 saturated heterocycles. The molecular weight excluding hydrogens is 446 g/mol. The van der Waals surface area contributed by atoms with Gasteiger partial charge in [0.2, 0.25) is 0 Å². The first-order valence-corrected chi connectivity index (χ1v) is 11.3. The summed E-state index contributed by atoms with van der Waals surface area (Å²) in [6.07, 6.45) is 1.20. The van der Waals surface area contributed by atoms with E-state index in [0.717, 1.165) is 5.56 Å². The third kappa shape index (κ3) is 5.83. The summed E-state index contributed by atoms with van der Waals surface area (Å²) in [5.74, 6) is -0.610. The molecule has 0 unspecified atom stereocenters. The number of aromatic nitrogens is 1. The maximum Gasteiger partial charge on any atom is 0.308 e. The van der Waals surface area contributed by atoms with Crippen molar-refractivity contribution in [3.05, 3.63) is 58.6 Å². The molecule has 1 amide bonds. The molecule has 1 aliphatic rings. The van der Waals surface area contributed by atoms with Gasteiger partial charge in [0.1, 0.15) is 5.52 Å². The van der Waals surface area contributed by atoms with Crippen LogP contribution in [0.1, 0.15) is 42.1 Å². The third-order valence-electron chi connectivity index (χ3n) is 5.60. The number of hydrogen-bond donors (Lipinski definition) is 2. The monoisotopic (exact) mass is 471 g/mol. The second-order valence-corrected chi connectivity index (χ2v) is 8.45. The normalized spacial score (nSPS) is 15.2. The topological polar surface area (TPSA) is 103 Å². The van der Waals surface area contributed by atoms with Crippen LogP contribution in [-0.4, -0.2) is 42.2 Å². The number of nitrogens with one attached hydrogen (secondary N) is 2. The van der Waals surface area contributed by atoms with Gasteiger partial charge in [-0.05, 0) is 55.7 Å². The van der Waals surface area contributed by atoms with Crippen LogP contribution in [0.4, 0.5) is 6.01 Å². The van der Waals surface area contributed by atoms with Gasteiger partial charge >= 0.3 is 5.97 Å². The Hall–Kier alpha value is -3.10. The van der Waals surface area contributed by atoms with Crippen LogP contribution in [0.5, 0.6) is 0 Å². The van der Waals surface area contributed by atoms with Gasteiger partial charge in [-0.1, -0.05) is 23.7 Å². The Balaban J connectivity index is 1.46. The molecule has 0 radical (unpaired) electrons. The first kappa shape index (κ1) is 23.1. The Morgan fingerprint density at radius 1 is 1.18 bits per heavy atom. The first-order valence-electron chi connectivity index (χ1n) is 10.9. The highest BCUT2D eigenvalue weighted by Crippen LogP contribution is 2.27. The fourth-order valence-corrected chi connectivity index (χ4v) is 4.09. The van der Waals surface area contributed by atoms with Gasteiger partial charge in [0, 0.05) is 30.3 Å². The van der Waals surface area contributed by atoms with E-state index in [1.165, 1.54) is 0 Å². The average Bonchev–Trinajstić information content (AvgIpc) is 3.20. The minimum atomic E-state index is -0.690. The van der Waals surface area contributed by atoms with Gasteiger partial charge < -0.3 is 24.5 Å². The number of halogens is 1. The van der Waals surface area contributed by atoms with Crippen molar-refractivity contribution in [1.29, 1.82) is 0 Å². The van der Waals surface area contributed by atoms with Crippen molar-refractivity contribution in [2.45, 2.75) is 38.3 Å². The molecule has 174 valence electrons. The van der Waals surface area contributed by atoms with Gasteiger partial charge in [0.25, 0.3) is 11.9 Å². The molecule has 0 bridgehead atoms. The molecule has 2 aromatic carbocycles. The van der Waals surface area contributed by atoms with E-state index < -0.39 is 5.54 Å². The standard InChI is InChI=1S/C24H26ClN3O5/c1-2-32-21(29)14-24(8-10-31-11-9-24)28-22(30)17-6-7-20-19(13-17)27-23(33-20)26-15-16-4-3-5-18(25)12-16/h3-7,12-13H,2,8-11,14-15H2,1H3,(H,26,27)(H,28,30). The number of esters is 1. The lowest BCUT2D eigenvalue weighted by Crippen LogP contribution is -2.53. The van der Waals surface area contributed by atoms with Crippen LogP contribution in [0.2, 0.25) is 5.02 Å². The molecular formula is C24H26ClN3O5. The minimum absolute atomic E-state index is 0.111. The molecule has 1 aliphatic heterocycles. The van der Waals surface area contributed by atoms with E-state index in [0.29, 0.717) is 66.9 Å². The number of amides is 1. The predicted molar refractivity (Wildman–Crippen MR) is 124 cm³/mol. The molecule has 1 fully saturated rings. The van der Waals surface area contributed by atoms with E-state index in [2.05, 4.69) is 15.6 Å². The van der Waals surface area contributed by atoms with Crippen LogP contribution >= 0.6 is 11.6 Å². The molecule has 1 aromatic heterocycles. The largest absolute Gasteiger partial charge is 0.466 e. The lowest BCUT2D eigenvalue weighted by atomic mass is 9.86. The minimum Gasteiger partial charge on any atom is -0.466 e. The number of benzene rings is 2. The van der Waals surface area contributed by atoms with Crippen molar-refractivity contribution >= 4 is 40.6 Å². The number of fused-ring (bicyclic) bond motifs is 1. The van der Waals surface area contributed by atoms with Crippen molar-refractivity contribution in [3.8, 4) is 0 Å². The lowest BCUT2D eigenvalue weighted by molar-refractivity contribution is -0.145. The zero-order chi connectivity index (χ0) is 23.3. The summed E-state index contributed by atoms with van der Waals surface area (Å²) in [5.41, 5.74) is 1.86. The Morgan fingerprint density at radius 3 is 2.76 bits per heavy atom. The van der Waals surface area contributed by atoms with Gasteiger partial charge in [0.15, 0.2) is 5.58 Å². The van der Waals surface area contributed by atoms with E-state index >= 15 is 0 Å². The summed E-state index contributed by atoms with van der Waals surface area (Å²) in [6, 6.07) is 12.9. The molecule has 33 heavy (non-hydrogen) atoms. The number of nitrogens with zero attached hydrogens (tertiary/aromatic N) is 1. The van der Waals surface area contributed by atoms with Gasteiger partial charge in [0.05, 0.1) is 18.6 Å². The molecule has 2 N–H and O–H groups in total. The highest BCUT2D eigenvalue weighted by molar-refractivity contribution is 6.30. The molecule has 4 rings (SSSR count). The molecule has 0 aliphatic carbocycles. The Kier molecular flexibility index (Phi) is 7.15. The maximum absolute atomic E-state index is 13.1. The Bertz CT molecular complexity index is 1140. The Morgan fingerprint density at radius 2 is 2.00 bits per heavy atom. The van der Waals surface area contributed by atoms with Crippen molar-refractivity contribution < 1.29 is 23.5 Å². The van der Waals surface area contributed by atoms with E-state index in [1.54, 1.807) is 25.1 Å². The lowest BCUT2D eigenvalue weighted by Gasteiger charge is -2.37. The third-order valence-corrected chi connectivity index (χ3v) is 5.83. The quantitative estimate of drug-likeness (QED) is 0.471. The number of carbonyl (C=O) groups excluding carboxylic acids is 2. The van der Waals surface area contributed by atoms with Crippen LogP contribution < -0.4 is 10.6 Å². The number of hydrogen-bond acceptors (Lipinski definition) is 7. The molecule has 8 nitrogen and oxygen atoms in total. The van der Waals surface area contributed by atoms with E-state index in [9.17, 15) is 9.59 Å². The van der Waals surface area contributed by atoms with E-state index in [-0.39, 0.29) is 18.3 Å². The SMILES string of the molecule is CCOC(=O)CC1(NC(=O)c2ccc3oc(NCc4cccc(Cl)c4)nc3c2)CCOCC1. The van der Waals surface area contributed by atoms with Crippen LogP contribution in [0.25, 0.3) is 11.1 Å². The van der Waals surface area contributed by atoms with Crippen molar-refractivity contribution in [2.75, 3.05) is 25.1 Å². The summed E-state index contributed by atoms with van der Waals surface area (Å²) in [5, 5.41) is 6.84. The zero-order valence-corrected chi connectivity index (χ0v) is 19.1. The van der Waals surface area contributed by atoms with Crippen LogP contribution in [-0.2, 0) is 20.8 Å². The van der Waals surface area contributed by atoms with Crippen LogP contribution in [0.3, 0.4) is 0 Å². The highest BCUT2D eigenvalue weighted by Gasteiger charge is 2.37. The molecule has 0 atom stereocenters. The van der Waals surface area contributed by atoms with Crippen LogP contribution in [0, 0.1) is 0 Å². The maximum atomic E-state index is 13.1. The highest BCUT2D eigenvalue weighted by atomic mass is 35.5. The van der Waals surface area contributed by atoms with Crippen LogP contribution in [0.15, 0.2) is 46.9 Å². The number of rotatable bonds is 8. The summed E-state index contributed by atoms with van der Waals surface area (Å²) in [7, 11) is 0. The molecule has 3 aromatic rings. The van der Waals surface area contributed by atoms with Gasteiger partial charge in [-0.2, -0.15) is 4.98 Å². The number of anilines is 1. The van der Waals surface area contributed by atoms with Crippen molar-refractivity contribution in [2.24, 2.45) is 0 Å². The predicted octanol–water partition coefficient (Wildman–Crippen LogP) is 4.33. The number of ether oxygens (including phenoxy) is 2. The van der Waals surface area contributed by atoms with E-state index in [1.807, 2.05) is 24.3 Å². The average molecular weight is 472 g/mol. The summed E-state index contributed by atoms with van der Waals surface area (Å²) >= 11 is 6.02. The molecule has 0 spiro atoms. The number of carbonyl (C=O) groups is 2. The molecule has 2 heterocycles. The fourth-order valence-electron chi connectivity index (χ4n) is 3.88. The second kappa shape index (κ2) is 10.2. The van der Waals surface area contributed by atoms with Crippen molar-refractivity contribution in [3.63, 3.8) is 0 Å². The zero-order valence-electron chi connectivity index (χ0n) is 18.4. The smallest absolute Gasteiger partial charge is 0.308 e. The first-order chi connectivity index (χ1) is 16.0. The molecule has 0 saturated carbocycles. The summed E-state index contributed by atoms with van der Waals surface area (Å²) < 4.78 is 16.3.